The summed E-state index contributed by atoms with van der Waals surface area (Å²) in [6.45, 7) is 3.64. The predicted molar refractivity (Wildman–Crippen MR) is 55.4 cm³/mol. The summed E-state index contributed by atoms with van der Waals surface area (Å²) in [5.74, 6) is 0. The zero-order valence-corrected chi connectivity index (χ0v) is 8.05. The summed E-state index contributed by atoms with van der Waals surface area (Å²) in [5.41, 5.74) is 5.72. The van der Waals surface area contributed by atoms with E-state index >= 15 is 0 Å². The third kappa shape index (κ3) is 2.43. The van der Waals surface area contributed by atoms with E-state index in [0.29, 0.717) is 0 Å². The molecule has 0 fully saturated rings. The molecule has 0 aromatic rings. The molecule has 2 N–H and O–H groups in total. The fourth-order valence-corrected chi connectivity index (χ4v) is 1.72. The van der Waals surface area contributed by atoms with Crippen LogP contribution in [0.15, 0.2) is 36.0 Å². The highest BCUT2D eigenvalue weighted by molar-refractivity contribution is 8.03. The maximum Gasteiger partial charge on any atom is 0.0752 e. The van der Waals surface area contributed by atoms with Crippen molar-refractivity contribution in [2.75, 3.05) is 7.05 Å². The molecule has 0 aromatic heterocycles. The van der Waals surface area contributed by atoms with Crippen molar-refractivity contribution in [3.8, 4) is 0 Å². The number of hydrogen-bond acceptors (Lipinski definition) is 3. The number of nitrogens with two attached hydrogens (primary N) is 1. The number of hydrogen-bond donors (Lipinski definition) is 1. The van der Waals surface area contributed by atoms with E-state index in [4.69, 9.17) is 5.73 Å². The molecule has 1 aliphatic heterocycles. The molecule has 1 atom stereocenters. The Kier molecular flexibility index (Phi) is 3.44. The van der Waals surface area contributed by atoms with Gasteiger partial charge in [0.25, 0.3) is 0 Å². The second-order valence-electron chi connectivity index (χ2n) is 2.59. The molecule has 1 aliphatic rings. The summed E-state index contributed by atoms with van der Waals surface area (Å²) in [5, 5.41) is 1.19. The van der Waals surface area contributed by atoms with E-state index in [2.05, 4.69) is 29.8 Å². The normalized spacial score (nSPS) is 18.8. The molecule has 3 heteroatoms. The van der Waals surface area contributed by atoms with Gasteiger partial charge in [0.2, 0.25) is 0 Å². The summed E-state index contributed by atoms with van der Waals surface area (Å²) >= 11 is 1.62. The Balaban J connectivity index is 2.51. The zero-order chi connectivity index (χ0) is 8.97. The second-order valence-corrected chi connectivity index (χ2v) is 3.79. The summed E-state index contributed by atoms with van der Waals surface area (Å²) in [6.07, 6.45) is 9.07. The van der Waals surface area contributed by atoms with Crippen LogP contribution in [0.4, 0.5) is 0 Å². The van der Waals surface area contributed by atoms with E-state index < -0.39 is 0 Å². The molecule has 0 bridgehead atoms. The first kappa shape index (κ1) is 9.42. The fraction of sp³-hybridized carbons (Fsp3) is 0.333. The Bertz CT molecular complexity index is 221. The monoisotopic (exact) mass is 182 g/mol. The van der Waals surface area contributed by atoms with Crippen molar-refractivity contribution in [1.29, 1.82) is 0 Å². The van der Waals surface area contributed by atoms with E-state index in [0.717, 1.165) is 6.42 Å². The van der Waals surface area contributed by atoms with Gasteiger partial charge in [0, 0.05) is 13.2 Å². The Labute approximate surface area is 77.8 Å². The van der Waals surface area contributed by atoms with Crippen LogP contribution < -0.4 is 5.73 Å². The van der Waals surface area contributed by atoms with Crippen molar-refractivity contribution in [3.63, 3.8) is 0 Å². The third-order valence-electron chi connectivity index (χ3n) is 1.59. The summed E-state index contributed by atoms with van der Waals surface area (Å²) < 4.78 is 0. The summed E-state index contributed by atoms with van der Waals surface area (Å²) in [7, 11) is 2.02. The molecule has 66 valence electrons. The van der Waals surface area contributed by atoms with Gasteiger partial charge in [-0.05, 0) is 6.42 Å². The standard InChI is InChI=1S/C9H14N2S/c1-3-8(10)12-9-6-4-5-7-11(9)2/h3,5-8H,1,4,10H2,2H3. The molecule has 0 saturated heterocycles. The molecule has 0 radical (unpaired) electrons. The van der Waals surface area contributed by atoms with Gasteiger partial charge in [0.1, 0.15) is 0 Å². The van der Waals surface area contributed by atoms with Gasteiger partial charge in [-0.25, -0.2) is 0 Å². The lowest BCUT2D eigenvalue weighted by molar-refractivity contribution is 0.597. The van der Waals surface area contributed by atoms with Crippen molar-refractivity contribution in [1.82, 2.24) is 4.90 Å². The van der Waals surface area contributed by atoms with E-state index in [1.807, 2.05) is 7.05 Å². The Morgan fingerprint density at radius 2 is 2.58 bits per heavy atom. The van der Waals surface area contributed by atoms with Crippen molar-refractivity contribution in [3.05, 3.63) is 36.0 Å². The molecule has 1 rings (SSSR count). The van der Waals surface area contributed by atoms with Crippen LogP contribution in [0.5, 0.6) is 0 Å². The van der Waals surface area contributed by atoms with Crippen molar-refractivity contribution >= 4 is 11.8 Å². The zero-order valence-electron chi connectivity index (χ0n) is 7.23. The highest BCUT2D eigenvalue weighted by Crippen LogP contribution is 2.25. The molecule has 2 nitrogen and oxygen atoms in total. The van der Waals surface area contributed by atoms with Gasteiger partial charge >= 0.3 is 0 Å². The Hall–Kier alpha value is -0.670. The predicted octanol–water partition coefficient (Wildman–Crippen LogP) is 1.88. The molecule has 0 aromatic carbocycles. The van der Waals surface area contributed by atoms with Gasteiger partial charge in [-0.1, -0.05) is 30.0 Å². The van der Waals surface area contributed by atoms with E-state index in [1.54, 1.807) is 17.8 Å². The molecule has 0 aliphatic carbocycles. The highest BCUT2D eigenvalue weighted by Gasteiger charge is 2.08. The maximum atomic E-state index is 5.72. The van der Waals surface area contributed by atoms with Crippen molar-refractivity contribution < 1.29 is 0 Å². The minimum Gasteiger partial charge on any atom is -0.346 e. The molecular formula is C9H14N2S. The lowest BCUT2D eigenvalue weighted by atomic mass is 10.3. The van der Waals surface area contributed by atoms with Crippen LogP contribution in [0.25, 0.3) is 0 Å². The number of allylic oxidation sites excluding steroid dienone is 2. The number of nitrogens with zero attached hydrogens (tertiary/aromatic N) is 1. The van der Waals surface area contributed by atoms with Crippen LogP contribution in [0.3, 0.4) is 0 Å². The minimum atomic E-state index is -0.00907. The van der Waals surface area contributed by atoms with E-state index in [9.17, 15) is 0 Å². The third-order valence-corrected chi connectivity index (χ3v) is 2.76. The number of thioether (sulfide) groups is 1. The van der Waals surface area contributed by atoms with Gasteiger partial charge in [-0.3, -0.25) is 0 Å². The Morgan fingerprint density at radius 1 is 1.83 bits per heavy atom. The van der Waals surface area contributed by atoms with Crippen molar-refractivity contribution in [2.24, 2.45) is 5.73 Å². The van der Waals surface area contributed by atoms with Crippen LogP contribution in [-0.2, 0) is 0 Å². The van der Waals surface area contributed by atoms with Crippen LogP contribution in [0.2, 0.25) is 0 Å². The van der Waals surface area contributed by atoms with Gasteiger partial charge in [-0.15, -0.1) is 6.58 Å². The van der Waals surface area contributed by atoms with Crippen LogP contribution in [0.1, 0.15) is 6.42 Å². The minimum absolute atomic E-state index is 0.00907. The summed E-state index contributed by atoms with van der Waals surface area (Å²) in [4.78, 5) is 2.07. The van der Waals surface area contributed by atoms with Crippen LogP contribution in [0, 0.1) is 0 Å². The fourth-order valence-electron chi connectivity index (χ4n) is 0.924. The first-order valence-corrected chi connectivity index (χ1v) is 4.76. The Morgan fingerprint density at radius 3 is 3.17 bits per heavy atom. The molecule has 0 saturated carbocycles. The van der Waals surface area contributed by atoms with E-state index in [1.165, 1.54) is 5.03 Å². The molecule has 0 spiro atoms. The smallest absolute Gasteiger partial charge is 0.0752 e. The largest absolute Gasteiger partial charge is 0.346 e. The first-order valence-electron chi connectivity index (χ1n) is 3.88. The first-order chi connectivity index (χ1) is 5.74. The summed E-state index contributed by atoms with van der Waals surface area (Å²) in [6, 6.07) is 0. The molecule has 1 unspecified atom stereocenters. The highest BCUT2D eigenvalue weighted by atomic mass is 32.2. The molecular weight excluding hydrogens is 168 g/mol. The SMILES string of the molecule is C=CC(N)SC1=CCC=CN1C. The van der Waals surface area contributed by atoms with Gasteiger partial charge in [0.05, 0.1) is 10.4 Å². The molecule has 12 heavy (non-hydrogen) atoms. The molecule has 1 heterocycles. The lowest BCUT2D eigenvalue weighted by Gasteiger charge is -2.22. The topological polar surface area (TPSA) is 29.3 Å². The number of rotatable bonds is 3. The van der Waals surface area contributed by atoms with Gasteiger partial charge < -0.3 is 10.6 Å². The lowest BCUT2D eigenvalue weighted by Crippen LogP contribution is -2.17. The molecule has 0 amide bonds. The quantitative estimate of drug-likeness (QED) is 0.534. The van der Waals surface area contributed by atoms with Crippen LogP contribution in [-0.4, -0.2) is 17.3 Å². The second kappa shape index (κ2) is 4.38. The van der Waals surface area contributed by atoms with Crippen LogP contribution >= 0.6 is 11.8 Å². The van der Waals surface area contributed by atoms with Gasteiger partial charge in [-0.2, -0.15) is 0 Å². The van der Waals surface area contributed by atoms with E-state index in [-0.39, 0.29) is 5.37 Å². The maximum absolute atomic E-state index is 5.72. The van der Waals surface area contributed by atoms with Crippen molar-refractivity contribution in [2.45, 2.75) is 11.8 Å². The van der Waals surface area contributed by atoms with Gasteiger partial charge in [0.15, 0.2) is 0 Å². The average Bonchev–Trinajstić information content (AvgIpc) is 2.09. The average molecular weight is 182 g/mol.